The van der Waals surface area contributed by atoms with E-state index < -0.39 is 0 Å². The van der Waals surface area contributed by atoms with Crippen LogP contribution in [-0.2, 0) is 6.54 Å². The number of benzene rings is 1. The highest BCUT2D eigenvalue weighted by atomic mass is 35.5. The Morgan fingerprint density at radius 2 is 1.90 bits per heavy atom. The van der Waals surface area contributed by atoms with Crippen molar-refractivity contribution in [2.75, 3.05) is 7.11 Å². The second-order valence-electron chi connectivity index (χ2n) is 4.37. The third-order valence-corrected chi connectivity index (χ3v) is 3.33. The van der Waals surface area contributed by atoms with Crippen LogP contribution in [0.25, 0.3) is 11.3 Å². The molecule has 1 aromatic carbocycles. The Bertz CT molecular complexity index is 603. The number of amides is 1. The Morgan fingerprint density at radius 1 is 1.30 bits per heavy atom. The molecule has 108 valence electrons. The minimum atomic E-state index is -0.389. The zero-order valence-electron chi connectivity index (χ0n) is 11.8. The minimum absolute atomic E-state index is 0. The summed E-state index contributed by atoms with van der Waals surface area (Å²) in [4.78, 5) is 11.4. The van der Waals surface area contributed by atoms with Gasteiger partial charge in [-0.3, -0.25) is 4.79 Å². The fourth-order valence-electron chi connectivity index (χ4n) is 2.30. The van der Waals surface area contributed by atoms with E-state index in [4.69, 9.17) is 10.5 Å². The summed E-state index contributed by atoms with van der Waals surface area (Å²) in [6, 6.07) is 9.61. The van der Waals surface area contributed by atoms with Gasteiger partial charge in [0.05, 0.1) is 12.7 Å². The Labute approximate surface area is 125 Å². The summed E-state index contributed by atoms with van der Waals surface area (Å²) in [5.41, 5.74) is 8.92. The first-order valence-corrected chi connectivity index (χ1v) is 6.22. The maximum Gasteiger partial charge on any atom is 0.250 e. The average Bonchev–Trinajstić information content (AvgIpc) is 2.76. The lowest BCUT2D eigenvalue weighted by Crippen LogP contribution is -2.12. The molecule has 0 aliphatic heterocycles. The molecule has 1 aromatic heterocycles. The fourth-order valence-corrected chi connectivity index (χ4v) is 2.30. The van der Waals surface area contributed by atoms with Crippen molar-refractivity contribution in [1.29, 1.82) is 0 Å². The van der Waals surface area contributed by atoms with E-state index in [1.54, 1.807) is 7.11 Å². The SMILES string of the molecule is CCn1c(-c2ccc(OC)cc2)cc(C(N)=O)c1C.Cl. The maximum absolute atomic E-state index is 11.4. The molecule has 4 nitrogen and oxygen atoms in total. The monoisotopic (exact) mass is 294 g/mol. The van der Waals surface area contributed by atoms with Crippen LogP contribution in [0, 0.1) is 6.92 Å². The van der Waals surface area contributed by atoms with Gasteiger partial charge in [0.15, 0.2) is 0 Å². The fraction of sp³-hybridized carbons (Fsp3) is 0.267. The van der Waals surface area contributed by atoms with Crippen LogP contribution in [0.1, 0.15) is 23.0 Å². The van der Waals surface area contributed by atoms with Crippen molar-refractivity contribution in [3.05, 3.63) is 41.6 Å². The zero-order chi connectivity index (χ0) is 14.0. The quantitative estimate of drug-likeness (QED) is 0.942. The second kappa shape index (κ2) is 6.48. The molecule has 0 atom stereocenters. The van der Waals surface area contributed by atoms with E-state index in [0.29, 0.717) is 5.56 Å². The molecule has 1 amide bonds. The summed E-state index contributed by atoms with van der Waals surface area (Å²) in [6.07, 6.45) is 0. The van der Waals surface area contributed by atoms with Gasteiger partial charge in [0.2, 0.25) is 0 Å². The number of rotatable bonds is 4. The predicted molar refractivity (Wildman–Crippen MR) is 82.6 cm³/mol. The van der Waals surface area contributed by atoms with Crippen LogP contribution in [0.2, 0.25) is 0 Å². The smallest absolute Gasteiger partial charge is 0.250 e. The molecule has 0 aliphatic rings. The van der Waals surface area contributed by atoms with Gasteiger partial charge in [-0.05, 0) is 49.7 Å². The zero-order valence-corrected chi connectivity index (χ0v) is 12.7. The van der Waals surface area contributed by atoms with Crippen LogP contribution in [0.15, 0.2) is 30.3 Å². The second-order valence-corrected chi connectivity index (χ2v) is 4.37. The molecule has 0 saturated carbocycles. The van der Waals surface area contributed by atoms with Crippen LogP contribution in [0.5, 0.6) is 5.75 Å². The lowest BCUT2D eigenvalue weighted by Gasteiger charge is -2.09. The van der Waals surface area contributed by atoms with Crippen molar-refractivity contribution in [2.24, 2.45) is 5.73 Å². The first kappa shape index (κ1) is 16.1. The van der Waals surface area contributed by atoms with E-state index >= 15 is 0 Å². The summed E-state index contributed by atoms with van der Waals surface area (Å²) < 4.78 is 7.23. The van der Waals surface area contributed by atoms with E-state index in [2.05, 4.69) is 4.57 Å². The molecule has 2 rings (SSSR count). The van der Waals surface area contributed by atoms with Gasteiger partial charge in [0.1, 0.15) is 5.75 Å². The highest BCUT2D eigenvalue weighted by molar-refractivity contribution is 5.95. The van der Waals surface area contributed by atoms with Gasteiger partial charge in [0.25, 0.3) is 5.91 Å². The van der Waals surface area contributed by atoms with Gasteiger partial charge in [0, 0.05) is 17.9 Å². The molecule has 2 aromatic rings. The number of nitrogens with zero attached hydrogens (tertiary/aromatic N) is 1. The Hall–Kier alpha value is -1.94. The number of hydrogen-bond donors (Lipinski definition) is 1. The first-order chi connectivity index (χ1) is 9.08. The molecule has 0 fully saturated rings. The molecule has 5 heteroatoms. The lowest BCUT2D eigenvalue weighted by atomic mass is 10.1. The summed E-state index contributed by atoms with van der Waals surface area (Å²) in [7, 11) is 1.64. The predicted octanol–water partition coefficient (Wildman–Crippen LogP) is 3.01. The van der Waals surface area contributed by atoms with Crippen molar-refractivity contribution in [1.82, 2.24) is 4.57 Å². The van der Waals surface area contributed by atoms with E-state index in [-0.39, 0.29) is 18.3 Å². The van der Waals surface area contributed by atoms with Crippen molar-refractivity contribution in [3.8, 4) is 17.0 Å². The number of aromatic nitrogens is 1. The van der Waals surface area contributed by atoms with Crippen molar-refractivity contribution >= 4 is 18.3 Å². The number of halogens is 1. The van der Waals surface area contributed by atoms with Gasteiger partial charge in [-0.1, -0.05) is 0 Å². The average molecular weight is 295 g/mol. The Balaban J connectivity index is 0.00000200. The van der Waals surface area contributed by atoms with Crippen molar-refractivity contribution in [2.45, 2.75) is 20.4 Å². The number of nitrogens with two attached hydrogens (primary N) is 1. The topological polar surface area (TPSA) is 57.2 Å². The van der Waals surface area contributed by atoms with Gasteiger partial charge in [-0.15, -0.1) is 12.4 Å². The number of primary amides is 1. The molecule has 0 saturated heterocycles. The van der Waals surface area contributed by atoms with E-state index in [9.17, 15) is 4.79 Å². The molecule has 0 radical (unpaired) electrons. The summed E-state index contributed by atoms with van der Waals surface area (Å²) >= 11 is 0. The van der Waals surface area contributed by atoms with Gasteiger partial charge in [-0.2, -0.15) is 0 Å². The summed E-state index contributed by atoms with van der Waals surface area (Å²) in [5, 5.41) is 0. The van der Waals surface area contributed by atoms with Crippen LogP contribution >= 0.6 is 12.4 Å². The summed E-state index contributed by atoms with van der Waals surface area (Å²) in [5.74, 6) is 0.421. The standard InChI is InChI=1S/C15H18N2O2.ClH/c1-4-17-10(2)13(15(16)18)9-14(17)11-5-7-12(19-3)8-6-11;/h5-9H,4H2,1-3H3,(H2,16,18);1H. The number of carbonyl (C=O) groups is 1. The number of ether oxygens (including phenoxy) is 1. The van der Waals surface area contributed by atoms with Crippen molar-refractivity contribution in [3.63, 3.8) is 0 Å². The van der Waals surface area contributed by atoms with Crippen LogP contribution in [0.3, 0.4) is 0 Å². The van der Waals surface area contributed by atoms with E-state index in [1.165, 1.54) is 0 Å². The third kappa shape index (κ3) is 2.80. The van der Waals surface area contributed by atoms with Gasteiger partial charge < -0.3 is 15.0 Å². The third-order valence-electron chi connectivity index (χ3n) is 3.33. The molecular weight excluding hydrogens is 276 g/mol. The van der Waals surface area contributed by atoms with Crippen LogP contribution in [-0.4, -0.2) is 17.6 Å². The molecule has 0 bridgehead atoms. The molecule has 1 heterocycles. The van der Waals surface area contributed by atoms with Crippen molar-refractivity contribution < 1.29 is 9.53 Å². The largest absolute Gasteiger partial charge is 0.497 e. The number of carbonyl (C=O) groups excluding carboxylic acids is 1. The lowest BCUT2D eigenvalue weighted by molar-refractivity contribution is 0.0999. The minimum Gasteiger partial charge on any atom is -0.497 e. The maximum atomic E-state index is 11.4. The summed E-state index contributed by atoms with van der Waals surface area (Å²) in [6.45, 7) is 4.75. The number of hydrogen-bond acceptors (Lipinski definition) is 2. The first-order valence-electron chi connectivity index (χ1n) is 6.22. The number of methoxy groups -OCH3 is 1. The van der Waals surface area contributed by atoms with E-state index in [1.807, 2.05) is 44.2 Å². The van der Waals surface area contributed by atoms with Crippen LogP contribution in [0.4, 0.5) is 0 Å². The van der Waals surface area contributed by atoms with Gasteiger partial charge in [-0.25, -0.2) is 0 Å². The molecular formula is C15H19ClN2O2. The normalized spacial score (nSPS) is 9.95. The highest BCUT2D eigenvalue weighted by Crippen LogP contribution is 2.27. The highest BCUT2D eigenvalue weighted by Gasteiger charge is 2.15. The van der Waals surface area contributed by atoms with Gasteiger partial charge >= 0.3 is 0 Å². The van der Waals surface area contributed by atoms with E-state index in [0.717, 1.165) is 29.2 Å². The Kier molecular flexibility index (Phi) is 5.22. The molecule has 0 aliphatic carbocycles. The molecule has 20 heavy (non-hydrogen) atoms. The molecule has 0 spiro atoms. The Morgan fingerprint density at radius 3 is 2.35 bits per heavy atom. The molecule has 0 unspecified atom stereocenters. The molecule has 2 N–H and O–H groups in total. The van der Waals surface area contributed by atoms with Crippen LogP contribution < -0.4 is 10.5 Å².